The summed E-state index contributed by atoms with van der Waals surface area (Å²) in [5.41, 5.74) is 0.868. The second kappa shape index (κ2) is 7.56. The van der Waals surface area contributed by atoms with Crippen molar-refractivity contribution in [1.29, 1.82) is 0 Å². The average Bonchev–Trinajstić information content (AvgIpc) is 2.30. The van der Waals surface area contributed by atoms with E-state index in [9.17, 15) is 4.79 Å². The third kappa shape index (κ3) is 7.23. The molecule has 4 heteroatoms. The maximum Gasteiger partial charge on any atom is 0.224 e. The minimum absolute atomic E-state index is 0.0754. The van der Waals surface area contributed by atoms with Gasteiger partial charge in [0.1, 0.15) is 0 Å². The number of anilines is 1. The van der Waals surface area contributed by atoms with Crippen LogP contribution in [-0.2, 0) is 4.79 Å². The lowest BCUT2D eigenvalue weighted by atomic mass is 10.2. The molecule has 3 nitrogen and oxygen atoms in total. The number of hydrogen-bond acceptors (Lipinski definition) is 3. The number of carbonyl (C=O) groups excluding carboxylic acids is 1. The van der Waals surface area contributed by atoms with Crippen molar-refractivity contribution < 1.29 is 4.79 Å². The van der Waals surface area contributed by atoms with E-state index in [-0.39, 0.29) is 10.7 Å². The fraction of sp³-hybridized carbons (Fsp3) is 0.533. The standard InChI is InChI=1S/C15H24N2OS/c1-15(2,3)19-13-9-7-12(8-10-13)17-14(18)6-5-11-16-4/h7-10,16H,5-6,11H2,1-4H3,(H,17,18). The van der Waals surface area contributed by atoms with Crippen LogP contribution in [0.2, 0.25) is 0 Å². The first kappa shape index (κ1) is 16.1. The number of benzene rings is 1. The zero-order chi connectivity index (χ0) is 14.3. The van der Waals surface area contributed by atoms with Crippen molar-refractivity contribution in [2.75, 3.05) is 18.9 Å². The van der Waals surface area contributed by atoms with Gasteiger partial charge >= 0.3 is 0 Å². The van der Waals surface area contributed by atoms with E-state index in [0.717, 1.165) is 18.7 Å². The molecule has 0 bridgehead atoms. The third-order valence-corrected chi connectivity index (χ3v) is 3.51. The van der Waals surface area contributed by atoms with Gasteiger partial charge in [-0.2, -0.15) is 0 Å². The van der Waals surface area contributed by atoms with E-state index < -0.39 is 0 Å². The second-order valence-corrected chi connectivity index (χ2v) is 7.39. The summed E-state index contributed by atoms with van der Waals surface area (Å²) in [4.78, 5) is 12.9. The first-order valence-corrected chi connectivity index (χ1v) is 7.46. The summed E-state index contributed by atoms with van der Waals surface area (Å²) in [6, 6.07) is 8.03. The summed E-state index contributed by atoms with van der Waals surface area (Å²) in [6.07, 6.45) is 1.42. The maximum atomic E-state index is 11.7. The van der Waals surface area contributed by atoms with Crippen molar-refractivity contribution in [3.63, 3.8) is 0 Å². The van der Waals surface area contributed by atoms with Gasteiger partial charge in [0.15, 0.2) is 0 Å². The predicted molar refractivity (Wildman–Crippen MR) is 83.8 cm³/mol. The van der Waals surface area contributed by atoms with E-state index in [1.54, 1.807) is 0 Å². The van der Waals surface area contributed by atoms with Crippen molar-refractivity contribution in [2.45, 2.75) is 43.3 Å². The third-order valence-electron chi connectivity index (χ3n) is 2.39. The molecule has 1 amide bonds. The Kier molecular flexibility index (Phi) is 6.38. The largest absolute Gasteiger partial charge is 0.326 e. The van der Waals surface area contributed by atoms with Crippen LogP contribution in [0.5, 0.6) is 0 Å². The fourth-order valence-corrected chi connectivity index (χ4v) is 2.59. The van der Waals surface area contributed by atoms with Crippen molar-refractivity contribution >= 4 is 23.4 Å². The SMILES string of the molecule is CNCCCC(=O)Nc1ccc(SC(C)(C)C)cc1. The van der Waals surface area contributed by atoms with Gasteiger partial charge in [-0.15, -0.1) is 11.8 Å². The number of carbonyl (C=O) groups is 1. The second-order valence-electron chi connectivity index (χ2n) is 5.49. The van der Waals surface area contributed by atoms with Gasteiger partial charge in [-0.25, -0.2) is 0 Å². The lowest BCUT2D eigenvalue weighted by molar-refractivity contribution is -0.116. The predicted octanol–water partition coefficient (Wildman–Crippen LogP) is 3.52. The van der Waals surface area contributed by atoms with E-state index >= 15 is 0 Å². The van der Waals surface area contributed by atoms with E-state index in [1.807, 2.05) is 30.9 Å². The Balaban J connectivity index is 2.46. The molecule has 0 saturated heterocycles. The van der Waals surface area contributed by atoms with Gasteiger partial charge in [0.25, 0.3) is 0 Å². The van der Waals surface area contributed by atoms with Crippen LogP contribution in [0.3, 0.4) is 0 Å². The monoisotopic (exact) mass is 280 g/mol. The van der Waals surface area contributed by atoms with Gasteiger partial charge < -0.3 is 10.6 Å². The molecule has 0 aliphatic rings. The van der Waals surface area contributed by atoms with Crippen LogP contribution in [0.1, 0.15) is 33.6 Å². The molecule has 0 radical (unpaired) electrons. The molecular formula is C15H24N2OS. The molecule has 0 aliphatic carbocycles. The molecule has 1 aromatic rings. The van der Waals surface area contributed by atoms with Crippen LogP contribution >= 0.6 is 11.8 Å². The molecule has 1 rings (SSSR count). The highest BCUT2D eigenvalue weighted by molar-refractivity contribution is 8.00. The van der Waals surface area contributed by atoms with E-state index in [4.69, 9.17) is 0 Å². The average molecular weight is 280 g/mol. The Bertz CT molecular complexity index is 396. The lowest BCUT2D eigenvalue weighted by Gasteiger charge is -2.17. The number of thioether (sulfide) groups is 1. The van der Waals surface area contributed by atoms with Crippen LogP contribution in [0.15, 0.2) is 29.2 Å². The summed E-state index contributed by atoms with van der Waals surface area (Å²) < 4.78 is 0.206. The van der Waals surface area contributed by atoms with Crippen LogP contribution in [0.25, 0.3) is 0 Å². The minimum atomic E-state index is 0.0754. The van der Waals surface area contributed by atoms with Crippen molar-refractivity contribution in [2.24, 2.45) is 0 Å². The van der Waals surface area contributed by atoms with Gasteiger partial charge in [0.2, 0.25) is 5.91 Å². The zero-order valence-electron chi connectivity index (χ0n) is 12.2. The van der Waals surface area contributed by atoms with Crippen LogP contribution in [-0.4, -0.2) is 24.2 Å². The number of rotatable bonds is 6. The Morgan fingerprint density at radius 1 is 1.21 bits per heavy atom. The molecule has 0 heterocycles. The van der Waals surface area contributed by atoms with Gasteiger partial charge in [-0.05, 0) is 44.3 Å². The first-order valence-electron chi connectivity index (χ1n) is 6.64. The summed E-state index contributed by atoms with van der Waals surface area (Å²) in [7, 11) is 1.89. The molecular weight excluding hydrogens is 256 g/mol. The molecule has 0 aromatic heterocycles. The number of amides is 1. The minimum Gasteiger partial charge on any atom is -0.326 e. The maximum absolute atomic E-state index is 11.7. The molecule has 2 N–H and O–H groups in total. The molecule has 0 aliphatic heterocycles. The quantitative estimate of drug-likeness (QED) is 0.619. The van der Waals surface area contributed by atoms with Crippen LogP contribution in [0, 0.1) is 0 Å². The summed E-state index contributed by atoms with van der Waals surface area (Å²) in [6.45, 7) is 7.44. The van der Waals surface area contributed by atoms with Crippen LogP contribution < -0.4 is 10.6 Å². The van der Waals surface area contributed by atoms with Crippen molar-refractivity contribution in [3.05, 3.63) is 24.3 Å². The van der Waals surface area contributed by atoms with Crippen LogP contribution in [0.4, 0.5) is 5.69 Å². The molecule has 1 aromatic carbocycles. The summed E-state index contributed by atoms with van der Waals surface area (Å²) in [5.74, 6) is 0.0754. The normalized spacial score (nSPS) is 11.4. The van der Waals surface area contributed by atoms with E-state index in [1.165, 1.54) is 4.90 Å². The van der Waals surface area contributed by atoms with Gasteiger partial charge in [-0.3, -0.25) is 4.79 Å². The fourth-order valence-electron chi connectivity index (χ4n) is 1.61. The van der Waals surface area contributed by atoms with Gasteiger partial charge in [0, 0.05) is 21.8 Å². The molecule has 19 heavy (non-hydrogen) atoms. The van der Waals surface area contributed by atoms with E-state index in [2.05, 4.69) is 43.5 Å². The number of nitrogens with one attached hydrogen (secondary N) is 2. The first-order chi connectivity index (χ1) is 8.90. The highest BCUT2D eigenvalue weighted by Gasteiger charge is 2.11. The molecule has 0 atom stereocenters. The molecule has 0 fully saturated rings. The zero-order valence-corrected chi connectivity index (χ0v) is 13.1. The summed E-state index contributed by atoms with van der Waals surface area (Å²) in [5, 5.41) is 5.95. The topological polar surface area (TPSA) is 41.1 Å². The Labute approximate surface area is 120 Å². The highest BCUT2D eigenvalue weighted by atomic mass is 32.2. The molecule has 0 spiro atoms. The van der Waals surface area contributed by atoms with Gasteiger partial charge in [0.05, 0.1) is 0 Å². The number of hydrogen-bond donors (Lipinski definition) is 2. The van der Waals surface area contributed by atoms with Gasteiger partial charge in [-0.1, -0.05) is 20.8 Å². The summed E-state index contributed by atoms with van der Waals surface area (Å²) >= 11 is 1.82. The Morgan fingerprint density at radius 3 is 2.37 bits per heavy atom. The lowest BCUT2D eigenvalue weighted by Crippen LogP contribution is -2.15. The van der Waals surface area contributed by atoms with E-state index in [0.29, 0.717) is 6.42 Å². The Hall–Kier alpha value is -1.00. The highest BCUT2D eigenvalue weighted by Crippen LogP contribution is 2.32. The van der Waals surface area contributed by atoms with Crippen molar-refractivity contribution in [1.82, 2.24) is 5.32 Å². The Morgan fingerprint density at radius 2 is 1.84 bits per heavy atom. The molecule has 0 unspecified atom stereocenters. The molecule has 106 valence electrons. The van der Waals surface area contributed by atoms with Crippen molar-refractivity contribution in [3.8, 4) is 0 Å². The molecule has 0 saturated carbocycles. The smallest absolute Gasteiger partial charge is 0.224 e.